The van der Waals surface area contributed by atoms with Gasteiger partial charge in [0.15, 0.2) is 0 Å². The fourth-order valence-corrected chi connectivity index (χ4v) is 2.59. The van der Waals surface area contributed by atoms with E-state index in [1.165, 1.54) is 4.80 Å². The molecule has 1 N–H and O–H groups in total. The summed E-state index contributed by atoms with van der Waals surface area (Å²) in [5.74, 6) is 0.111. The summed E-state index contributed by atoms with van der Waals surface area (Å²) in [4.78, 5) is 13.4. The van der Waals surface area contributed by atoms with Gasteiger partial charge in [-0.15, -0.1) is 10.2 Å². The summed E-state index contributed by atoms with van der Waals surface area (Å²) in [7, 11) is 0. The van der Waals surface area contributed by atoms with Crippen LogP contribution in [0.1, 0.15) is 5.56 Å². The molecule has 0 fully saturated rings. The van der Waals surface area contributed by atoms with Crippen LogP contribution in [0, 0.1) is 6.92 Å². The number of aryl methyl sites for hydroxylation is 1. The zero-order valence-electron chi connectivity index (χ0n) is 12.7. The van der Waals surface area contributed by atoms with Crippen molar-refractivity contribution < 1.29 is 4.79 Å². The molecule has 122 valence electrons. The van der Waals surface area contributed by atoms with Gasteiger partial charge in [0.05, 0.1) is 5.02 Å². The highest BCUT2D eigenvalue weighted by atomic mass is 35.5. The van der Waals surface area contributed by atoms with Gasteiger partial charge in [-0.2, -0.15) is 4.80 Å². The predicted molar refractivity (Wildman–Crippen MR) is 93.1 cm³/mol. The standard InChI is InChI=1S/C16H13Cl2N5O/c1-10-8-11(17)6-7-14(10)19-15(24)9-23-21-16(20-22-23)12-4-2-3-5-13(12)18/h2-8H,9H2,1H3,(H,19,24). The van der Waals surface area contributed by atoms with Crippen LogP contribution in [0.4, 0.5) is 5.69 Å². The number of hydrogen-bond acceptors (Lipinski definition) is 4. The van der Waals surface area contributed by atoms with Gasteiger partial charge < -0.3 is 5.32 Å². The van der Waals surface area contributed by atoms with Crippen LogP contribution in [-0.2, 0) is 11.3 Å². The van der Waals surface area contributed by atoms with Gasteiger partial charge in [0.1, 0.15) is 6.54 Å². The van der Waals surface area contributed by atoms with E-state index in [2.05, 4.69) is 20.7 Å². The quantitative estimate of drug-likeness (QED) is 0.770. The molecule has 0 radical (unpaired) electrons. The Labute approximate surface area is 148 Å². The second kappa shape index (κ2) is 6.98. The Morgan fingerprint density at radius 2 is 2.00 bits per heavy atom. The monoisotopic (exact) mass is 361 g/mol. The molecule has 1 amide bonds. The third kappa shape index (κ3) is 3.72. The number of nitrogens with one attached hydrogen (secondary N) is 1. The largest absolute Gasteiger partial charge is 0.324 e. The molecule has 6 nitrogen and oxygen atoms in total. The van der Waals surface area contributed by atoms with Crippen molar-refractivity contribution in [2.75, 3.05) is 5.32 Å². The zero-order valence-corrected chi connectivity index (χ0v) is 14.2. The van der Waals surface area contributed by atoms with E-state index < -0.39 is 0 Å². The fraction of sp³-hybridized carbons (Fsp3) is 0.125. The van der Waals surface area contributed by atoms with E-state index in [1.54, 1.807) is 30.3 Å². The number of amides is 1. The van der Waals surface area contributed by atoms with Crippen molar-refractivity contribution in [2.24, 2.45) is 0 Å². The molecular weight excluding hydrogens is 349 g/mol. The van der Waals surface area contributed by atoms with Crippen molar-refractivity contribution in [2.45, 2.75) is 13.5 Å². The van der Waals surface area contributed by atoms with E-state index >= 15 is 0 Å². The number of benzene rings is 2. The topological polar surface area (TPSA) is 72.7 Å². The molecular formula is C16H13Cl2N5O. The summed E-state index contributed by atoms with van der Waals surface area (Å²) in [5, 5.41) is 15.9. The van der Waals surface area contributed by atoms with E-state index in [4.69, 9.17) is 23.2 Å². The summed E-state index contributed by atoms with van der Waals surface area (Å²) in [5.41, 5.74) is 2.23. The van der Waals surface area contributed by atoms with Gasteiger partial charge >= 0.3 is 0 Å². The molecule has 1 aromatic heterocycles. The molecule has 0 aliphatic carbocycles. The minimum Gasteiger partial charge on any atom is -0.324 e. The Balaban J connectivity index is 1.70. The lowest BCUT2D eigenvalue weighted by Gasteiger charge is -2.08. The normalized spacial score (nSPS) is 10.6. The van der Waals surface area contributed by atoms with E-state index in [-0.39, 0.29) is 12.5 Å². The highest BCUT2D eigenvalue weighted by Crippen LogP contribution is 2.23. The van der Waals surface area contributed by atoms with Crippen LogP contribution < -0.4 is 5.32 Å². The number of aromatic nitrogens is 4. The zero-order chi connectivity index (χ0) is 17.1. The minimum atomic E-state index is -0.261. The Kier molecular flexibility index (Phi) is 4.78. The van der Waals surface area contributed by atoms with Gasteiger partial charge in [-0.1, -0.05) is 35.3 Å². The molecule has 0 aliphatic rings. The Morgan fingerprint density at radius 3 is 2.75 bits per heavy atom. The van der Waals surface area contributed by atoms with Crippen molar-refractivity contribution in [3.05, 3.63) is 58.1 Å². The lowest BCUT2D eigenvalue weighted by molar-refractivity contribution is -0.117. The van der Waals surface area contributed by atoms with Gasteiger partial charge in [0.25, 0.3) is 0 Å². The summed E-state index contributed by atoms with van der Waals surface area (Å²) >= 11 is 12.0. The van der Waals surface area contributed by atoms with Crippen molar-refractivity contribution >= 4 is 34.8 Å². The molecule has 8 heteroatoms. The molecule has 0 bridgehead atoms. The fourth-order valence-electron chi connectivity index (χ4n) is 2.15. The lowest BCUT2D eigenvalue weighted by Crippen LogP contribution is -2.20. The van der Waals surface area contributed by atoms with E-state index in [0.29, 0.717) is 27.1 Å². The van der Waals surface area contributed by atoms with Crippen molar-refractivity contribution in [3.8, 4) is 11.4 Å². The van der Waals surface area contributed by atoms with E-state index in [9.17, 15) is 4.79 Å². The molecule has 3 rings (SSSR count). The van der Waals surface area contributed by atoms with Gasteiger partial charge in [-0.3, -0.25) is 4.79 Å². The number of anilines is 1. The van der Waals surface area contributed by atoms with Gasteiger partial charge in [0.2, 0.25) is 11.7 Å². The average molecular weight is 362 g/mol. The maximum absolute atomic E-state index is 12.1. The third-order valence-electron chi connectivity index (χ3n) is 3.32. The highest BCUT2D eigenvalue weighted by molar-refractivity contribution is 6.33. The number of tetrazole rings is 1. The summed E-state index contributed by atoms with van der Waals surface area (Å²) in [6.07, 6.45) is 0. The van der Waals surface area contributed by atoms with Crippen LogP contribution in [-0.4, -0.2) is 26.1 Å². The Bertz CT molecular complexity index is 894. The van der Waals surface area contributed by atoms with Crippen LogP contribution in [0.15, 0.2) is 42.5 Å². The first-order valence-electron chi connectivity index (χ1n) is 7.11. The van der Waals surface area contributed by atoms with Crippen molar-refractivity contribution in [1.29, 1.82) is 0 Å². The molecule has 0 saturated heterocycles. The Hall–Kier alpha value is -2.44. The number of carbonyl (C=O) groups excluding carboxylic acids is 1. The number of hydrogen-bond donors (Lipinski definition) is 1. The molecule has 3 aromatic rings. The molecule has 0 spiro atoms. The van der Waals surface area contributed by atoms with Crippen LogP contribution in [0.25, 0.3) is 11.4 Å². The van der Waals surface area contributed by atoms with E-state index in [1.807, 2.05) is 19.1 Å². The van der Waals surface area contributed by atoms with Crippen LogP contribution >= 0.6 is 23.2 Å². The molecule has 1 heterocycles. The average Bonchev–Trinajstić information content (AvgIpc) is 2.99. The number of halogens is 2. The van der Waals surface area contributed by atoms with Crippen LogP contribution in [0.5, 0.6) is 0 Å². The maximum atomic E-state index is 12.1. The van der Waals surface area contributed by atoms with Crippen LogP contribution in [0.2, 0.25) is 10.0 Å². The van der Waals surface area contributed by atoms with Crippen LogP contribution in [0.3, 0.4) is 0 Å². The van der Waals surface area contributed by atoms with Crippen molar-refractivity contribution in [1.82, 2.24) is 20.2 Å². The first kappa shape index (κ1) is 16.4. The number of carbonyl (C=O) groups is 1. The summed E-state index contributed by atoms with van der Waals surface area (Å²) < 4.78 is 0. The first-order chi connectivity index (χ1) is 11.5. The molecule has 0 atom stereocenters. The molecule has 0 saturated carbocycles. The second-order valence-electron chi connectivity index (χ2n) is 5.13. The molecule has 2 aromatic carbocycles. The number of nitrogens with zero attached hydrogens (tertiary/aromatic N) is 4. The first-order valence-corrected chi connectivity index (χ1v) is 7.87. The maximum Gasteiger partial charge on any atom is 0.248 e. The van der Waals surface area contributed by atoms with Gasteiger partial charge in [-0.25, -0.2) is 0 Å². The summed E-state index contributed by atoms with van der Waals surface area (Å²) in [6, 6.07) is 12.4. The molecule has 24 heavy (non-hydrogen) atoms. The van der Waals surface area contributed by atoms with Gasteiger partial charge in [0, 0.05) is 16.3 Å². The van der Waals surface area contributed by atoms with Crippen molar-refractivity contribution in [3.63, 3.8) is 0 Å². The molecule has 0 unspecified atom stereocenters. The smallest absolute Gasteiger partial charge is 0.248 e. The third-order valence-corrected chi connectivity index (χ3v) is 3.88. The second-order valence-corrected chi connectivity index (χ2v) is 5.97. The van der Waals surface area contributed by atoms with E-state index in [0.717, 1.165) is 5.56 Å². The SMILES string of the molecule is Cc1cc(Cl)ccc1NC(=O)Cn1nnc(-c2ccccc2Cl)n1. The molecule has 0 aliphatic heterocycles. The number of rotatable bonds is 4. The van der Waals surface area contributed by atoms with Gasteiger partial charge in [-0.05, 0) is 48.0 Å². The highest BCUT2D eigenvalue weighted by Gasteiger charge is 2.12. The lowest BCUT2D eigenvalue weighted by atomic mass is 10.2. The Morgan fingerprint density at radius 1 is 1.21 bits per heavy atom. The minimum absolute atomic E-state index is 0.0560. The predicted octanol–water partition coefficient (Wildman–Crippen LogP) is 3.59. The summed E-state index contributed by atoms with van der Waals surface area (Å²) in [6.45, 7) is 1.81.